The summed E-state index contributed by atoms with van der Waals surface area (Å²) in [6, 6.07) is 22.6. The van der Waals surface area contributed by atoms with Gasteiger partial charge in [0.15, 0.2) is 0 Å². The number of carbonyl (C=O) groups excluding carboxylic acids is 1. The number of nitrogens with zero attached hydrogens (tertiary/aromatic N) is 2. The molecule has 1 heterocycles. The first-order valence-electron chi connectivity index (χ1n) is 10.3. The molecule has 0 atom stereocenters. The van der Waals surface area contributed by atoms with Gasteiger partial charge in [0.2, 0.25) is 17.6 Å². The number of hydrogen-bond acceptors (Lipinski definition) is 6. The van der Waals surface area contributed by atoms with E-state index in [2.05, 4.69) is 20.2 Å². The summed E-state index contributed by atoms with van der Waals surface area (Å²) in [5.41, 5.74) is 2.43. The van der Waals surface area contributed by atoms with Gasteiger partial charge in [-0.25, -0.2) is 8.42 Å². The van der Waals surface area contributed by atoms with Gasteiger partial charge in [-0.05, 0) is 36.8 Å². The van der Waals surface area contributed by atoms with Crippen molar-refractivity contribution in [2.75, 3.05) is 10.0 Å². The number of amides is 1. The van der Waals surface area contributed by atoms with Gasteiger partial charge in [-0.1, -0.05) is 59.8 Å². The molecular formula is C24H22N4O4S. The van der Waals surface area contributed by atoms with Crippen LogP contribution in [0.1, 0.15) is 17.9 Å². The van der Waals surface area contributed by atoms with Crippen molar-refractivity contribution in [3.8, 4) is 11.4 Å². The maximum atomic E-state index is 12.6. The van der Waals surface area contributed by atoms with Gasteiger partial charge in [-0.3, -0.25) is 9.52 Å². The van der Waals surface area contributed by atoms with Gasteiger partial charge >= 0.3 is 0 Å². The first-order valence-corrected chi connectivity index (χ1v) is 11.8. The van der Waals surface area contributed by atoms with E-state index in [1.54, 1.807) is 43.3 Å². The third-order valence-electron chi connectivity index (χ3n) is 4.89. The molecule has 33 heavy (non-hydrogen) atoms. The summed E-state index contributed by atoms with van der Waals surface area (Å²) < 4.78 is 33.1. The average molecular weight is 463 g/mol. The molecule has 168 valence electrons. The molecule has 1 amide bonds. The smallest absolute Gasteiger partial charge is 0.261 e. The highest BCUT2D eigenvalue weighted by molar-refractivity contribution is 7.92. The fourth-order valence-electron chi connectivity index (χ4n) is 3.12. The molecule has 0 spiro atoms. The van der Waals surface area contributed by atoms with Gasteiger partial charge in [0.25, 0.3) is 10.0 Å². The molecule has 0 fully saturated rings. The number of aryl methyl sites for hydroxylation is 2. The highest BCUT2D eigenvalue weighted by Gasteiger charge is 2.16. The molecule has 0 aliphatic rings. The molecule has 0 bridgehead atoms. The first-order chi connectivity index (χ1) is 15.9. The van der Waals surface area contributed by atoms with Gasteiger partial charge < -0.3 is 9.84 Å². The standard InChI is InChI=1S/C24H22N4O4S/c1-17-12-13-19(16-21(17)28-33(30,31)20-10-6-3-7-11-20)25-22(29)14-15-23-26-24(27-32-23)18-8-4-2-5-9-18/h2-13,16,28H,14-15H2,1H3,(H,25,29). The first kappa shape index (κ1) is 22.2. The summed E-state index contributed by atoms with van der Waals surface area (Å²) in [5.74, 6) is 0.583. The zero-order valence-corrected chi connectivity index (χ0v) is 18.7. The highest BCUT2D eigenvalue weighted by Crippen LogP contribution is 2.24. The van der Waals surface area contributed by atoms with E-state index < -0.39 is 10.0 Å². The van der Waals surface area contributed by atoms with Crippen LogP contribution in [0.15, 0.2) is 88.3 Å². The van der Waals surface area contributed by atoms with E-state index in [1.165, 1.54) is 12.1 Å². The summed E-state index contributed by atoms with van der Waals surface area (Å²) in [4.78, 5) is 16.9. The number of sulfonamides is 1. The van der Waals surface area contributed by atoms with Crippen molar-refractivity contribution in [2.24, 2.45) is 0 Å². The van der Waals surface area contributed by atoms with Crippen molar-refractivity contribution < 1.29 is 17.7 Å². The van der Waals surface area contributed by atoms with Gasteiger partial charge in [0.05, 0.1) is 10.6 Å². The monoisotopic (exact) mass is 462 g/mol. The second-order valence-corrected chi connectivity index (χ2v) is 9.06. The second kappa shape index (κ2) is 9.66. The second-order valence-electron chi connectivity index (χ2n) is 7.37. The van der Waals surface area contributed by atoms with Crippen molar-refractivity contribution in [1.29, 1.82) is 0 Å². The van der Waals surface area contributed by atoms with Crippen molar-refractivity contribution >= 4 is 27.3 Å². The number of carbonyl (C=O) groups is 1. The Balaban J connectivity index is 1.38. The van der Waals surface area contributed by atoms with Crippen LogP contribution < -0.4 is 10.0 Å². The molecule has 0 aliphatic heterocycles. The Morgan fingerprint density at radius 1 is 0.970 bits per heavy atom. The van der Waals surface area contributed by atoms with E-state index in [0.717, 1.165) is 11.1 Å². The van der Waals surface area contributed by atoms with Crippen LogP contribution in [0.4, 0.5) is 11.4 Å². The number of rotatable bonds is 8. The molecular weight excluding hydrogens is 440 g/mol. The Morgan fingerprint density at radius 2 is 1.67 bits per heavy atom. The third-order valence-corrected chi connectivity index (χ3v) is 6.27. The molecule has 2 N–H and O–H groups in total. The minimum Gasteiger partial charge on any atom is -0.339 e. The van der Waals surface area contributed by atoms with Crippen LogP contribution in [0, 0.1) is 6.92 Å². The van der Waals surface area contributed by atoms with E-state index in [4.69, 9.17) is 4.52 Å². The Morgan fingerprint density at radius 3 is 2.39 bits per heavy atom. The number of anilines is 2. The molecule has 4 aromatic rings. The van der Waals surface area contributed by atoms with Crippen LogP contribution in [-0.2, 0) is 21.2 Å². The summed E-state index contributed by atoms with van der Waals surface area (Å²) in [6.45, 7) is 1.79. The number of hydrogen-bond donors (Lipinski definition) is 2. The predicted octanol–water partition coefficient (Wildman–Crippen LogP) is 4.42. The number of benzene rings is 3. The van der Waals surface area contributed by atoms with E-state index in [1.807, 2.05) is 30.3 Å². The molecule has 1 aromatic heterocycles. The topological polar surface area (TPSA) is 114 Å². The van der Waals surface area contributed by atoms with Crippen molar-refractivity contribution in [3.05, 3.63) is 90.3 Å². The van der Waals surface area contributed by atoms with Crippen LogP contribution in [-0.4, -0.2) is 24.5 Å². The molecule has 9 heteroatoms. The summed E-state index contributed by atoms with van der Waals surface area (Å²) >= 11 is 0. The van der Waals surface area contributed by atoms with E-state index in [9.17, 15) is 13.2 Å². The maximum Gasteiger partial charge on any atom is 0.261 e. The lowest BCUT2D eigenvalue weighted by molar-refractivity contribution is -0.116. The minimum atomic E-state index is -3.74. The molecule has 8 nitrogen and oxygen atoms in total. The summed E-state index contributed by atoms with van der Waals surface area (Å²) in [7, 11) is -3.74. The largest absolute Gasteiger partial charge is 0.339 e. The van der Waals surface area contributed by atoms with E-state index >= 15 is 0 Å². The summed E-state index contributed by atoms with van der Waals surface area (Å²) in [5, 5.41) is 6.73. The predicted molar refractivity (Wildman–Crippen MR) is 125 cm³/mol. The molecule has 0 saturated carbocycles. The molecule has 3 aromatic carbocycles. The zero-order valence-electron chi connectivity index (χ0n) is 17.9. The minimum absolute atomic E-state index is 0.134. The quantitative estimate of drug-likeness (QED) is 0.401. The average Bonchev–Trinajstić information content (AvgIpc) is 3.30. The molecule has 0 radical (unpaired) electrons. The number of aromatic nitrogens is 2. The van der Waals surface area contributed by atoms with Crippen molar-refractivity contribution in [2.45, 2.75) is 24.7 Å². The number of nitrogens with one attached hydrogen (secondary N) is 2. The van der Waals surface area contributed by atoms with Crippen LogP contribution in [0.5, 0.6) is 0 Å². The van der Waals surface area contributed by atoms with Gasteiger partial charge in [0.1, 0.15) is 0 Å². The molecule has 0 unspecified atom stereocenters. The molecule has 0 saturated heterocycles. The Kier molecular flexibility index (Phi) is 6.50. The van der Waals surface area contributed by atoms with Crippen LogP contribution in [0.25, 0.3) is 11.4 Å². The highest BCUT2D eigenvalue weighted by atomic mass is 32.2. The Labute approximate surface area is 191 Å². The molecule has 4 rings (SSSR count). The Hall–Kier alpha value is -3.98. The fraction of sp³-hybridized carbons (Fsp3) is 0.125. The molecule has 0 aliphatic carbocycles. The lowest BCUT2D eigenvalue weighted by Gasteiger charge is -2.13. The zero-order chi connectivity index (χ0) is 23.3. The van der Waals surface area contributed by atoms with Gasteiger partial charge in [0, 0.05) is 24.1 Å². The SMILES string of the molecule is Cc1ccc(NC(=O)CCc2nc(-c3ccccc3)no2)cc1NS(=O)(=O)c1ccccc1. The lowest BCUT2D eigenvalue weighted by Crippen LogP contribution is -2.15. The third kappa shape index (κ3) is 5.64. The van der Waals surface area contributed by atoms with Gasteiger partial charge in [-0.2, -0.15) is 4.98 Å². The normalized spacial score (nSPS) is 11.2. The van der Waals surface area contributed by atoms with Crippen LogP contribution in [0.2, 0.25) is 0 Å². The van der Waals surface area contributed by atoms with Gasteiger partial charge in [-0.15, -0.1) is 0 Å². The van der Waals surface area contributed by atoms with E-state index in [0.29, 0.717) is 23.1 Å². The van der Waals surface area contributed by atoms with E-state index in [-0.39, 0.29) is 23.6 Å². The Bertz CT molecular complexity index is 1350. The van der Waals surface area contributed by atoms with Crippen LogP contribution in [0.3, 0.4) is 0 Å². The lowest BCUT2D eigenvalue weighted by atomic mass is 10.2. The van der Waals surface area contributed by atoms with Crippen molar-refractivity contribution in [1.82, 2.24) is 10.1 Å². The fourth-order valence-corrected chi connectivity index (χ4v) is 4.26. The van der Waals surface area contributed by atoms with Crippen molar-refractivity contribution in [3.63, 3.8) is 0 Å². The van der Waals surface area contributed by atoms with Crippen LogP contribution >= 0.6 is 0 Å². The summed E-state index contributed by atoms with van der Waals surface area (Å²) in [6.07, 6.45) is 0.417. The maximum absolute atomic E-state index is 12.6.